The summed E-state index contributed by atoms with van der Waals surface area (Å²) in [4.78, 5) is 42.6. The van der Waals surface area contributed by atoms with Crippen molar-refractivity contribution in [1.29, 1.82) is 0 Å². The number of fused-ring (bicyclic) bond motifs is 2. The third-order valence-electron chi connectivity index (χ3n) is 10.2. The largest absolute Gasteiger partial charge is 0.497 e. The van der Waals surface area contributed by atoms with Gasteiger partial charge in [0.1, 0.15) is 50.3 Å². The number of methoxy groups -OCH3 is 2. The van der Waals surface area contributed by atoms with E-state index in [1.807, 2.05) is 68.1 Å². The van der Waals surface area contributed by atoms with E-state index in [1.165, 1.54) is 24.6 Å². The van der Waals surface area contributed by atoms with E-state index in [9.17, 15) is 14.4 Å². The summed E-state index contributed by atoms with van der Waals surface area (Å²) in [6, 6.07) is 14.0. The zero-order valence-electron chi connectivity index (χ0n) is 34.1. The Morgan fingerprint density at radius 2 is 1.67 bits per heavy atom. The number of rotatable bonds is 14. The molecule has 11 nitrogen and oxygen atoms in total. The van der Waals surface area contributed by atoms with E-state index in [2.05, 4.69) is 5.32 Å². The van der Waals surface area contributed by atoms with Crippen LogP contribution in [0.5, 0.6) is 17.2 Å². The number of carbonyl (C=O) groups is 3. The highest BCUT2D eigenvalue weighted by Gasteiger charge is 2.48. The zero-order valence-corrected chi connectivity index (χ0v) is 35.7. The monoisotopic (exact) mass is 818 g/mol. The van der Waals surface area contributed by atoms with Crippen molar-refractivity contribution < 1.29 is 42.5 Å². The molecule has 3 aliphatic rings. The maximum atomic E-state index is 13.9. The van der Waals surface area contributed by atoms with Crippen LogP contribution in [0.25, 0.3) is 17.4 Å². The predicted octanol–water partition coefficient (Wildman–Crippen LogP) is 9.14. The molecule has 2 bridgehead atoms. The first-order valence-electron chi connectivity index (χ1n) is 19.6. The van der Waals surface area contributed by atoms with E-state index in [-0.39, 0.29) is 30.6 Å². The number of alkyl carbamates (subject to hydrolysis) is 1. The van der Waals surface area contributed by atoms with E-state index in [0.717, 1.165) is 29.5 Å². The van der Waals surface area contributed by atoms with Gasteiger partial charge in [-0.15, -0.1) is 0 Å². The molecule has 1 N–H and O–H groups in total. The minimum atomic E-state index is -0.995. The van der Waals surface area contributed by atoms with Crippen LogP contribution in [0.4, 0.5) is 4.79 Å². The Bertz CT molecular complexity index is 1970. The van der Waals surface area contributed by atoms with Crippen molar-refractivity contribution in [2.45, 2.75) is 110 Å². The topological polar surface area (TPSA) is 126 Å². The maximum Gasteiger partial charge on any atom is 0.408 e. The number of thiocarbonyl (C=S) groups is 1. The van der Waals surface area contributed by atoms with Crippen LogP contribution in [0.3, 0.4) is 0 Å². The Balaban J connectivity index is 1.18. The molecule has 6 rings (SSSR count). The Hall–Kier alpha value is -4.49. The number of hydrogen-bond donors (Lipinski definition) is 1. The van der Waals surface area contributed by atoms with Gasteiger partial charge in [0.25, 0.3) is 5.91 Å². The van der Waals surface area contributed by atoms with Crippen LogP contribution in [0.2, 0.25) is 0 Å². The van der Waals surface area contributed by atoms with Gasteiger partial charge in [-0.05, 0) is 127 Å². The Morgan fingerprint density at radius 3 is 2.26 bits per heavy atom. The first kappa shape index (κ1) is 42.1. The van der Waals surface area contributed by atoms with E-state index >= 15 is 0 Å². The number of amides is 2. The van der Waals surface area contributed by atoms with Crippen molar-refractivity contribution in [3.05, 3.63) is 70.3 Å². The molecule has 2 saturated carbocycles. The van der Waals surface area contributed by atoms with Gasteiger partial charge in [-0.25, -0.2) is 9.59 Å². The summed E-state index contributed by atoms with van der Waals surface area (Å²) in [6.07, 6.45) is 6.71. The summed E-state index contributed by atoms with van der Waals surface area (Å²) in [6.45, 7) is 11.3. The summed E-state index contributed by atoms with van der Waals surface area (Å²) in [5.41, 5.74) is 1.26. The predicted molar refractivity (Wildman–Crippen MR) is 224 cm³/mol. The van der Waals surface area contributed by atoms with E-state index < -0.39 is 23.7 Å². The normalized spacial score (nSPS) is 20.5. The van der Waals surface area contributed by atoms with Gasteiger partial charge >= 0.3 is 12.1 Å². The highest BCUT2D eigenvalue weighted by atomic mass is 32.2. The number of hydrogen-bond acceptors (Lipinski definition) is 11. The van der Waals surface area contributed by atoms with Crippen LogP contribution >= 0.6 is 24.0 Å². The number of furan rings is 1. The second kappa shape index (κ2) is 17.6. The van der Waals surface area contributed by atoms with Gasteiger partial charge in [-0.3, -0.25) is 9.69 Å². The lowest BCUT2D eigenvalue weighted by atomic mass is 9.94. The van der Waals surface area contributed by atoms with Gasteiger partial charge in [-0.2, -0.15) is 0 Å². The molecule has 2 heterocycles. The molecule has 57 heavy (non-hydrogen) atoms. The molecule has 1 aliphatic heterocycles. The smallest absolute Gasteiger partial charge is 0.408 e. The van der Waals surface area contributed by atoms with E-state index in [4.69, 9.17) is 40.3 Å². The summed E-state index contributed by atoms with van der Waals surface area (Å²) in [5, 5.41) is 2.70. The van der Waals surface area contributed by atoms with Crippen LogP contribution in [-0.4, -0.2) is 71.3 Å². The first-order chi connectivity index (χ1) is 27.0. The fourth-order valence-corrected chi connectivity index (χ4v) is 9.07. The minimum Gasteiger partial charge on any atom is -0.497 e. The van der Waals surface area contributed by atoms with E-state index in [0.29, 0.717) is 62.7 Å². The van der Waals surface area contributed by atoms with Crippen molar-refractivity contribution in [3.63, 3.8) is 0 Å². The van der Waals surface area contributed by atoms with Crippen molar-refractivity contribution in [2.75, 3.05) is 20.8 Å². The molecule has 3 fully saturated rings. The van der Waals surface area contributed by atoms with Gasteiger partial charge in [0, 0.05) is 30.2 Å². The van der Waals surface area contributed by atoms with Gasteiger partial charge in [0.15, 0.2) is 0 Å². The maximum absolute atomic E-state index is 13.9. The Kier molecular flexibility index (Phi) is 13.0. The zero-order chi connectivity index (χ0) is 41.1. The number of nitrogens with zero attached hydrogens (tertiary/aromatic N) is 1. The third kappa shape index (κ3) is 10.9. The second-order valence-corrected chi connectivity index (χ2v) is 18.6. The molecular formula is C44H54N2O9S2. The van der Waals surface area contributed by atoms with Crippen molar-refractivity contribution in [3.8, 4) is 28.6 Å². The lowest BCUT2D eigenvalue weighted by Crippen LogP contribution is -2.45. The molecule has 306 valence electrons. The lowest BCUT2D eigenvalue weighted by molar-refractivity contribution is -0.146. The minimum absolute atomic E-state index is 0.0724. The number of nitrogens with one attached hydrogen (secondary N) is 1. The lowest BCUT2D eigenvalue weighted by Gasteiger charge is -2.30. The van der Waals surface area contributed by atoms with Crippen LogP contribution in [0, 0.1) is 11.8 Å². The standard InChI is InChI=1S/C44H54N2O9S2/c1-43(2,3)54-31-15-12-26(13-16-31)19-34(45-41(49)55-44(4,5)6)40(48)52-17-9-10-29-23-36(30-21-32(50-7)24-33(22-30)51-8)53-37(29)25-38-39(47)46(42(56)57-38)35-20-27-11-14-28(35)18-27/h12-13,15-16,21-25,27-28,34-35H,9-11,14,17-20H2,1-8H3,(H,45,49)/b38-25-/t27?,28?,34-,35?/m0/s1. The molecule has 3 unspecified atom stereocenters. The summed E-state index contributed by atoms with van der Waals surface area (Å²) in [5.74, 6) is 3.50. The van der Waals surface area contributed by atoms with Crippen molar-refractivity contribution in [1.82, 2.24) is 10.2 Å². The molecule has 1 aromatic heterocycles. The van der Waals surface area contributed by atoms with Crippen molar-refractivity contribution >= 4 is 52.3 Å². The van der Waals surface area contributed by atoms with Gasteiger partial charge < -0.3 is 33.4 Å². The summed E-state index contributed by atoms with van der Waals surface area (Å²) >= 11 is 7.07. The second-order valence-electron chi connectivity index (χ2n) is 16.9. The number of benzene rings is 2. The van der Waals surface area contributed by atoms with Crippen LogP contribution in [0.15, 0.2) is 57.9 Å². The fraction of sp³-hybridized carbons (Fsp3) is 0.500. The average Bonchev–Trinajstić information content (AvgIpc) is 3.93. The average molecular weight is 819 g/mol. The third-order valence-corrected chi connectivity index (χ3v) is 11.5. The molecule has 0 radical (unpaired) electrons. The molecule has 2 aromatic carbocycles. The summed E-state index contributed by atoms with van der Waals surface area (Å²) < 4.78 is 35.3. The van der Waals surface area contributed by atoms with E-state index in [1.54, 1.807) is 47.1 Å². The van der Waals surface area contributed by atoms with Gasteiger partial charge in [0.2, 0.25) is 0 Å². The number of carbonyl (C=O) groups excluding carboxylic acids is 3. The molecule has 4 atom stereocenters. The van der Waals surface area contributed by atoms with Crippen LogP contribution in [-0.2, 0) is 31.9 Å². The van der Waals surface area contributed by atoms with Crippen LogP contribution < -0.4 is 19.5 Å². The number of esters is 1. The number of ether oxygens (including phenoxy) is 5. The van der Waals surface area contributed by atoms with Gasteiger partial charge in [0.05, 0.1) is 25.7 Å². The van der Waals surface area contributed by atoms with Gasteiger partial charge in [-0.1, -0.05) is 42.5 Å². The first-order valence-corrected chi connectivity index (χ1v) is 20.8. The molecular weight excluding hydrogens is 765 g/mol. The van der Waals surface area contributed by atoms with Crippen molar-refractivity contribution in [2.24, 2.45) is 11.8 Å². The molecule has 2 amide bonds. The molecule has 2 aliphatic carbocycles. The Morgan fingerprint density at radius 1 is 0.965 bits per heavy atom. The Labute approximate surface area is 345 Å². The number of aryl methyl sites for hydroxylation is 1. The number of thioether (sulfide) groups is 1. The quantitative estimate of drug-likeness (QED) is 0.0725. The van der Waals surface area contributed by atoms with Crippen LogP contribution in [0.1, 0.15) is 90.5 Å². The highest BCUT2D eigenvalue weighted by Crippen LogP contribution is 2.49. The molecule has 3 aromatic rings. The fourth-order valence-electron chi connectivity index (χ4n) is 7.73. The SMILES string of the molecule is COc1cc(OC)cc(-c2cc(CCCOC(=O)[C@H](Cc3ccc(OC(C)(C)C)cc3)NC(=O)OC(C)(C)C)c(/C=C3\SC(=S)N(C4CC5CCC4C5)C3=O)o2)c1. The highest BCUT2D eigenvalue weighted by molar-refractivity contribution is 8.26. The molecule has 1 saturated heterocycles. The molecule has 0 spiro atoms. The molecule has 13 heteroatoms. The summed E-state index contributed by atoms with van der Waals surface area (Å²) in [7, 11) is 3.17.